The molecule has 100 valence electrons. The number of nitrogens with two attached hydrogens (primary N) is 1. The third kappa shape index (κ3) is 2.31. The molecule has 2 aliphatic heterocycles. The highest BCUT2D eigenvalue weighted by molar-refractivity contribution is 5.13. The summed E-state index contributed by atoms with van der Waals surface area (Å²) in [6.45, 7) is 6.93. The molecule has 0 bridgehead atoms. The predicted molar refractivity (Wildman–Crippen MR) is 72.6 cm³/mol. The molecule has 18 heavy (non-hydrogen) atoms. The Balaban J connectivity index is 1.70. The zero-order chi connectivity index (χ0) is 12.5. The standard InChI is InChI=1S/C14H24N4/c1-2-17-6-3-11(4-7-17)13-10-18-8-5-12(15)9-14(18)16-13/h10-12H,2-9,15H2,1H3. The summed E-state index contributed by atoms with van der Waals surface area (Å²) in [4.78, 5) is 7.37. The van der Waals surface area contributed by atoms with E-state index >= 15 is 0 Å². The Morgan fingerprint density at radius 2 is 2.06 bits per heavy atom. The third-order valence-electron chi connectivity index (χ3n) is 4.52. The summed E-state index contributed by atoms with van der Waals surface area (Å²) in [6.07, 6.45) is 6.85. The molecule has 0 aliphatic carbocycles. The van der Waals surface area contributed by atoms with Crippen LogP contribution in [0.5, 0.6) is 0 Å². The molecule has 0 aromatic carbocycles. The van der Waals surface area contributed by atoms with Crippen molar-refractivity contribution in [3.8, 4) is 0 Å². The van der Waals surface area contributed by atoms with E-state index in [0.29, 0.717) is 12.0 Å². The van der Waals surface area contributed by atoms with Crippen LogP contribution < -0.4 is 5.73 Å². The van der Waals surface area contributed by atoms with E-state index in [4.69, 9.17) is 10.7 Å². The fourth-order valence-electron chi connectivity index (χ4n) is 3.22. The highest BCUT2D eigenvalue weighted by atomic mass is 15.1. The molecule has 1 unspecified atom stereocenters. The lowest BCUT2D eigenvalue weighted by Crippen LogP contribution is -2.32. The summed E-state index contributed by atoms with van der Waals surface area (Å²) in [5.74, 6) is 1.88. The Morgan fingerprint density at radius 3 is 2.78 bits per heavy atom. The smallest absolute Gasteiger partial charge is 0.110 e. The van der Waals surface area contributed by atoms with Crippen LogP contribution in [-0.4, -0.2) is 40.1 Å². The second kappa shape index (κ2) is 5.02. The topological polar surface area (TPSA) is 47.1 Å². The Morgan fingerprint density at radius 1 is 1.28 bits per heavy atom. The van der Waals surface area contributed by atoms with Gasteiger partial charge in [-0.15, -0.1) is 0 Å². The van der Waals surface area contributed by atoms with Gasteiger partial charge in [-0.25, -0.2) is 4.98 Å². The number of aryl methyl sites for hydroxylation is 1. The van der Waals surface area contributed by atoms with Crippen LogP contribution in [0.15, 0.2) is 6.20 Å². The summed E-state index contributed by atoms with van der Waals surface area (Å²) in [7, 11) is 0. The lowest BCUT2D eigenvalue weighted by atomic mass is 9.94. The van der Waals surface area contributed by atoms with Crippen LogP contribution in [-0.2, 0) is 13.0 Å². The molecule has 1 saturated heterocycles. The maximum Gasteiger partial charge on any atom is 0.110 e. The van der Waals surface area contributed by atoms with E-state index in [2.05, 4.69) is 22.6 Å². The van der Waals surface area contributed by atoms with Crippen molar-refractivity contribution in [2.75, 3.05) is 19.6 Å². The van der Waals surface area contributed by atoms with E-state index in [9.17, 15) is 0 Å². The number of aromatic nitrogens is 2. The van der Waals surface area contributed by atoms with Gasteiger partial charge in [0.05, 0.1) is 5.69 Å². The summed E-state index contributed by atoms with van der Waals surface area (Å²) in [5, 5.41) is 0. The summed E-state index contributed by atoms with van der Waals surface area (Å²) in [6, 6.07) is 0.315. The number of hydrogen-bond acceptors (Lipinski definition) is 3. The zero-order valence-corrected chi connectivity index (χ0v) is 11.3. The van der Waals surface area contributed by atoms with Gasteiger partial charge < -0.3 is 15.2 Å². The molecule has 0 amide bonds. The Bertz CT molecular complexity index is 404. The van der Waals surface area contributed by atoms with Gasteiger partial charge in [0.15, 0.2) is 0 Å². The minimum Gasteiger partial charge on any atom is -0.335 e. The van der Waals surface area contributed by atoms with Crippen LogP contribution in [0.1, 0.15) is 43.6 Å². The number of hydrogen-bond donors (Lipinski definition) is 1. The molecule has 1 aromatic heterocycles. The molecule has 0 radical (unpaired) electrons. The van der Waals surface area contributed by atoms with E-state index < -0.39 is 0 Å². The number of fused-ring (bicyclic) bond motifs is 1. The number of rotatable bonds is 2. The Hall–Kier alpha value is -0.870. The normalized spacial score (nSPS) is 26.2. The minimum atomic E-state index is 0.315. The average molecular weight is 248 g/mol. The van der Waals surface area contributed by atoms with Crippen molar-refractivity contribution in [2.45, 2.75) is 51.1 Å². The first kappa shape index (κ1) is 12.2. The molecule has 2 aliphatic rings. The van der Waals surface area contributed by atoms with Gasteiger partial charge in [0.2, 0.25) is 0 Å². The number of likely N-dealkylation sites (tertiary alicyclic amines) is 1. The second-order valence-electron chi connectivity index (χ2n) is 5.74. The quantitative estimate of drug-likeness (QED) is 0.859. The molecule has 3 heterocycles. The first-order chi connectivity index (χ1) is 8.76. The monoisotopic (exact) mass is 248 g/mol. The number of imidazole rings is 1. The number of piperidine rings is 1. The van der Waals surface area contributed by atoms with Crippen molar-refractivity contribution in [1.29, 1.82) is 0 Å². The summed E-state index contributed by atoms with van der Waals surface area (Å²) < 4.78 is 2.32. The molecule has 1 aromatic rings. The zero-order valence-electron chi connectivity index (χ0n) is 11.3. The maximum atomic E-state index is 6.01. The van der Waals surface area contributed by atoms with E-state index in [-0.39, 0.29) is 0 Å². The molecule has 4 heteroatoms. The minimum absolute atomic E-state index is 0.315. The SMILES string of the molecule is CCN1CCC(c2cn3c(n2)CC(N)CC3)CC1. The van der Waals surface area contributed by atoms with Gasteiger partial charge in [0.1, 0.15) is 5.82 Å². The van der Waals surface area contributed by atoms with Gasteiger partial charge in [0, 0.05) is 31.1 Å². The molecule has 4 nitrogen and oxygen atoms in total. The van der Waals surface area contributed by atoms with E-state index in [1.165, 1.54) is 44.0 Å². The lowest BCUT2D eigenvalue weighted by molar-refractivity contribution is 0.221. The molecule has 2 N–H and O–H groups in total. The van der Waals surface area contributed by atoms with E-state index in [1.807, 2.05) is 0 Å². The lowest BCUT2D eigenvalue weighted by Gasteiger charge is -2.30. The Labute approximate surface area is 109 Å². The first-order valence-corrected chi connectivity index (χ1v) is 7.30. The van der Waals surface area contributed by atoms with Crippen LogP contribution in [0.4, 0.5) is 0 Å². The largest absolute Gasteiger partial charge is 0.335 e. The van der Waals surface area contributed by atoms with Crippen LogP contribution in [0.2, 0.25) is 0 Å². The average Bonchev–Trinajstić information content (AvgIpc) is 2.81. The second-order valence-corrected chi connectivity index (χ2v) is 5.74. The molecule has 0 saturated carbocycles. The number of nitrogens with zero attached hydrogens (tertiary/aromatic N) is 3. The summed E-state index contributed by atoms with van der Waals surface area (Å²) >= 11 is 0. The molecule has 3 rings (SSSR count). The van der Waals surface area contributed by atoms with Crippen molar-refractivity contribution in [1.82, 2.24) is 14.5 Å². The highest BCUT2D eigenvalue weighted by Gasteiger charge is 2.24. The van der Waals surface area contributed by atoms with Crippen LogP contribution in [0.25, 0.3) is 0 Å². The maximum absolute atomic E-state index is 6.01. The highest BCUT2D eigenvalue weighted by Crippen LogP contribution is 2.28. The van der Waals surface area contributed by atoms with Crippen molar-refractivity contribution >= 4 is 0 Å². The van der Waals surface area contributed by atoms with Gasteiger partial charge in [-0.2, -0.15) is 0 Å². The van der Waals surface area contributed by atoms with Gasteiger partial charge in [-0.05, 0) is 38.9 Å². The fourth-order valence-corrected chi connectivity index (χ4v) is 3.22. The van der Waals surface area contributed by atoms with Gasteiger partial charge in [-0.3, -0.25) is 0 Å². The molecular formula is C14H24N4. The van der Waals surface area contributed by atoms with Crippen molar-refractivity contribution in [3.05, 3.63) is 17.7 Å². The molecule has 1 fully saturated rings. The van der Waals surface area contributed by atoms with Gasteiger partial charge in [-0.1, -0.05) is 6.92 Å². The van der Waals surface area contributed by atoms with Crippen LogP contribution >= 0.6 is 0 Å². The van der Waals surface area contributed by atoms with Crippen molar-refractivity contribution in [3.63, 3.8) is 0 Å². The third-order valence-corrected chi connectivity index (χ3v) is 4.52. The van der Waals surface area contributed by atoms with E-state index in [0.717, 1.165) is 19.4 Å². The fraction of sp³-hybridized carbons (Fsp3) is 0.786. The van der Waals surface area contributed by atoms with Crippen molar-refractivity contribution < 1.29 is 0 Å². The summed E-state index contributed by atoms with van der Waals surface area (Å²) in [5.41, 5.74) is 7.33. The molecule has 1 atom stereocenters. The van der Waals surface area contributed by atoms with Gasteiger partial charge in [0.25, 0.3) is 0 Å². The first-order valence-electron chi connectivity index (χ1n) is 7.30. The Kier molecular flexibility index (Phi) is 3.39. The van der Waals surface area contributed by atoms with Crippen molar-refractivity contribution in [2.24, 2.45) is 5.73 Å². The van der Waals surface area contributed by atoms with E-state index in [1.54, 1.807) is 0 Å². The van der Waals surface area contributed by atoms with Gasteiger partial charge >= 0.3 is 0 Å². The molecule has 0 spiro atoms. The molecular weight excluding hydrogens is 224 g/mol. The van der Waals surface area contributed by atoms with Crippen LogP contribution in [0, 0.1) is 0 Å². The predicted octanol–water partition coefficient (Wildman–Crippen LogP) is 1.36. The van der Waals surface area contributed by atoms with Crippen LogP contribution in [0.3, 0.4) is 0 Å².